The molecule has 9 heteroatoms. The average molecular weight is 346 g/mol. The van der Waals surface area contributed by atoms with Gasteiger partial charge in [-0.05, 0) is 33.6 Å². The predicted molar refractivity (Wildman–Crippen MR) is 81.9 cm³/mol. The smallest absolute Gasteiger partial charge is 0.433 e. The molecule has 0 spiro atoms. The van der Waals surface area contributed by atoms with E-state index in [-0.39, 0.29) is 11.9 Å². The average Bonchev–Trinajstić information content (AvgIpc) is 2.45. The van der Waals surface area contributed by atoms with Crippen molar-refractivity contribution < 1.29 is 23.1 Å². The highest BCUT2D eigenvalue weighted by molar-refractivity contribution is 5.66. The zero-order chi connectivity index (χ0) is 18.1. The number of amides is 1. The number of hydrogen-bond acceptors (Lipinski definition) is 4. The summed E-state index contributed by atoms with van der Waals surface area (Å²) in [6.07, 6.45) is -3.52. The second-order valence-electron chi connectivity index (χ2n) is 6.80. The highest BCUT2D eigenvalue weighted by Crippen LogP contribution is 2.31. The van der Waals surface area contributed by atoms with E-state index in [0.717, 1.165) is 12.4 Å². The minimum absolute atomic E-state index is 0.164. The number of alkyl halides is 3. The maximum Gasteiger partial charge on any atom is 0.433 e. The summed E-state index contributed by atoms with van der Waals surface area (Å²) in [4.78, 5) is 21.8. The Balaban J connectivity index is 2.09. The van der Waals surface area contributed by atoms with Gasteiger partial charge in [-0.2, -0.15) is 13.2 Å². The van der Waals surface area contributed by atoms with Crippen LogP contribution in [0, 0.1) is 0 Å². The number of rotatable bonds is 2. The maximum atomic E-state index is 12.7. The molecular weight excluding hydrogens is 325 g/mol. The van der Waals surface area contributed by atoms with E-state index in [4.69, 9.17) is 0 Å². The van der Waals surface area contributed by atoms with E-state index < -0.39 is 23.5 Å². The lowest BCUT2D eigenvalue weighted by molar-refractivity contribution is -0.141. The molecule has 1 aliphatic heterocycles. The fourth-order valence-electron chi connectivity index (χ4n) is 3.02. The van der Waals surface area contributed by atoms with E-state index >= 15 is 0 Å². The first-order valence-electron chi connectivity index (χ1n) is 7.66. The Kier molecular flexibility index (Phi) is 4.91. The van der Waals surface area contributed by atoms with Crippen molar-refractivity contribution in [3.63, 3.8) is 0 Å². The van der Waals surface area contributed by atoms with Gasteiger partial charge in [-0.15, -0.1) is 0 Å². The van der Waals surface area contributed by atoms with Crippen LogP contribution in [-0.2, 0) is 6.18 Å². The molecule has 0 atom stereocenters. The predicted octanol–water partition coefficient (Wildman–Crippen LogP) is 3.24. The summed E-state index contributed by atoms with van der Waals surface area (Å²) in [7, 11) is 0. The number of hydrogen-bond donors (Lipinski definition) is 1. The van der Waals surface area contributed by atoms with Crippen LogP contribution in [0.2, 0.25) is 0 Å². The van der Waals surface area contributed by atoms with Gasteiger partial charge in [-0.25, -0.2) is 14.8 Å². The largest absolute Gasteiger partial charge is 0.465 e. The van der Waals surface area contributed by atoms with E-state index in [1.807, 2.05) is 20.8 Å². The lowest BCUT2D eigenvalue weighted by atomic mass is 9.97. The highest BCUT2D eigenvalue weighted by Gasteiger charge is 2.36. The first kappa shape index (κ1) is 18.3. The molecule has 2 heterocycles. The molecule has 0 unspecified atom stereocenters. The van der Waals surface area contributed by atoms with E-state index in [1.165, 1.54) is 4.90 Å². The van der Waals surface area contributed by atoms with Gasteiger partial charge in [-0.3, -0.25) is 0 Å². The Morgan fingerprint density at radius 2 is 1.83 bits per heavy atom. The van der Waals surface area contributed by atoms with Crippen LogP contribution in [0.3, 0.4) is 0 Å². The monoisotopic (exact) mass is 346 g/mol. The van der Waals surface area contributed by atoms with Crippen molar-refractivity contribution in [2.24, 2.45) is 0 Å². The summed E-state index contributed by atoms with van der Waals surface area (Å²) in [6, 6.07) is 0.765. The number of anilines is 1. The second-order valence-corrected chi connectivity index (χ2v) is 6.80. The zero-order valence-electron chi connectivity index (χ0n) is 13.8. The molecule has 2 rings (SSSR count). The third-order valence-electron chi connectivity index (χ3n) is 4.03. The first-order chi connectivity index (χ1) is 11.0. The molecule has 1 fully saturated rings. The molecule has 1 aromatic heterocycles. The van der Waals surface area contributed by atoms with Crippen molar-refractivity contribution in [2.45, 2.75) is 51.4 Å². The van der Waals surface area contributed by atoms with Crippen LogP contribution in [0.5, 0.6) is 0 Å². The molecule has 1 N–H and O–H groups in total. The Morgan fingerprint density at radius 1 is 1.25 bits per heavy atom. The summed E-state index contributed by atoms with van der Waals surface area (Å²) in [6.45, 7) is 6.37. The fraction of sp³-hybridized carbons (Fsp3) is 0.667. The number of aromatic nitrogens is 2. The molecule has 1 aliphatic rings. The molecule has 6 nitrogen and oxygen atoms in total. The minimum Gasteiger partial charge on any atom is -0.465 e. The van der Waals surface area contributed by atoms with E-state index in [9.17, 15) is 23.1 Å². The van der Waals surface area contributed by atoms with Crippen molar-refractivity contribution in [3.05, 3.63) is 18.1 Å². The van der Waals surface area contributed by atoms with Crippen molar-refractivity contribution >= 4 is 11.9 Å². The van der Waals surface area contributed by atoms with Gasteiger partial charge in [0, 0.05) is 30.7 Å². The van der Waals surface area contributed by atoms with Gasteiger partial charge in [0.15, 0.2) is 0 Å². The normalized spacial score (nSPS) is 17.0. The lowest BCUT2D eigenvalue weighted by Crippen LogP contribution is -2.54. The summed E-state index contributed by atoms with van der Waals surface area (Å²) >= 11 is 0. The number of carboxylic acid groups (broad SMARTS) is 1. The van der Waals surface area contributed by atoms with Gasteiger partial charge in [-0.1, -0.05) is 0 Å². The summed E-state index contributed by atoms with van der Waals surface area (Å²) in [5.41, 5.74) is -1.51. The molecule has 134 valence electrons. The summed E-state index contributed by atoms with van der Waals surface area (Å²) in [5.74, 6) is 0.216. The molecule has 0 bridgehead atoms. The number of carbonyl (C=O) groups is 1. The summed E-state index contributed by atoms with van der Waals surface area (Å²) in [5, 5.41) is 9.44. The highest BCUT2D eigenvalue weighted by atomic mass is 19.4. The topological polar surface area (TPSA) is 69.6 Å². The van der Waals surface area contributed by atoms with Gasteiger partial charge in [0.1, 0.15) is 17.8 Å². The van der Waals surface area contributed by atoms with E-state index in [2.05, 4.69) is 9.97 Å². The molecule has 0 saturated carbocycles. The second kappa shape index (κ2) is 6.45. The van der Waals surface area contributed by atoms with Crippen molar-refractivity contribution in [1.82, 2.24) is 14.9 Å². The van der Waals surface area contributed by atoms with Gasteiger partial charge in [0.05, 0.1) is 0 Å². The first-order valence-corrected chi connectivity index (χ1v) is 7.66. The summed E-state index contributed by atoms with van der Waals surface area (Å²) < 4.78 is 38.2. The molecule has 24 heavy (non-hydrogen) atoms. The van der Waals surface area contributed by atoms with Gasteiger partial charge >= 0.3 is 12.3 Å². The molecule has 1 saturated heterocycles. The number of nitrogens with zero attached hydrogens (tertiary/aromatic N) is 4. The van der Waals surface area contributed by atoms with E-state index in [1.54, 1.807) is 4.90 Å². The Labute approximate surface area is 138 Å². The Hall–Kier alpha value is -2.06. The van der Waals surface area contributed by atoms with Crippen LogP contribution in [-0.4, -0.2) is 50.7 Å². The standard InChI is InChI=1S/C15H21F3N4O2/c1-14(2,3)22(13(23)24)10-4-6-21(7-5-10)12-8-11(15(16,17)18)19-9-20-12/h8-10H,4-7H2,1-3H3,(H,23,24). The van der Waals surface area contributed by atoms with Gasteiger partial charge in [0.2, 0.25) is 0 Å². The van der Waals surface area contributed by atoms with Gasteiger partial charge < -0.3 is 14.9 Å². The van der Waals surface area contributed by atoms with Crippen molar-refractivity contribution in [3.8, 4) is 0 Å². The lowest BCUT2D eigenvalue weighted by Gasteiger charge is -2.43. The van der Waals surface area contributed by atoms with Crippen LogP contribution in [0.15, 0.2) is 12.4 Å². The maximum absolute atomic E-state index is 12.7. The number of halogens is 3. The molecule has 0 aromatic carbocycles. The molecular formula is C15H21F3N4O2. The third-order valence-corrected chi connectivity index (χ3v) is 4.03. The minimum atomic E-state index is -4.51. The Bertz CT molecular complexity index is 593. The van der Waals surface area contributed by atoms with Crippen LogP contribution in [0.25, 0.3) is 0 Å². The number of piperidine rings is 1. The molecule has 1 aromatic rings. The Morgan fingerprint density at radius 3 is 2.29 bits per heavy atom. The molecule has 0 radical (unpaired) electrons. The quantitative estimate of drug-likeness (QED) is 0.890. The molecule has 1 amide bonds. The molecule has 0 aliphatic carbocycles. The van der Waals surface area contributed by atoms with Crippen LogP contribution >= 0.6 is 0 Å². The third kappa shape index (κ3) is 4.07. The van der Waals surface area contributed by atoms with E-state index in [0.29, 0.717) is 25.9 Å². The van der Waals surface area contributed by atoms with Crippen molar-refractivity contribution in [2.75, 3.05) is 18.0 Å². The van der Waals surface area contributed by atoms with Crippen LogP contribution < -0.4 is 4.90 Å². The van der Waals surface area contributed by atoms with Crippen LogP contribution in [0.4, 0.5) is 23.8 Å². The zero-order valence-corrected chi connectivity index (χ0v) is 13.8. The fourth-order valence-corrected chi connectivity index (χ4v) is 3.02. The van der Waals surface area contributed by atoms with Crippen LogP contribution in [0.1, 0.15) is 39.3 Å². The van der Waals surface area contributed by atoms with Gasteiger partial charge in [0.25, 0.3) is 0 Å². The SMILES string of the molecule is CC(C)(C)N(C(=O)O)C1CCN(c2cc(C(F)(F)F)ncn2)CC1. The van der Waals surface area contributed by atoms with Crippen molar-refractivity contribution in [1.29, 1.82) is 0 Å².